The number of hydrogen-bond acceptors (Lipinski definition) is 4. The van der Waals surface area contributed by atoms with Gasteiger partial charge in [-0.1, -0.05) is 16.8 Å². The van der Waals surface area contributed by atoms with Crippen LogP contribution in [0.15, 0.2) is 53.1 Å². The summed E-state index contributed by atoms with van der Waals surface area (Å²) in [6.45, 7) is 1.76. The molecule has 0 spiro atoms. The number of anilines is 1. The van der Waals surface area contributed by atoms with Gasteiger partial charge < -0.3 is 9.84 Å². The normalized spacial score (nSPS) is 10.5. The Hall–Kier alpha value is -2.66. The van der Waals surface area contributed by atoms with Gasteiger partial charge in [0.2, 0.25) is 0 Å². The molecule has 110 valence electrons. The third-order valence-corrected chi connectivity index (χ3v) is 3.28. The lowest BCUT2D eigenvalue weighted by atomic mass is 10.2. The van der Waals surface area contributed by atoms with Gasteiger partial charge in [0, 0.05) is 21.8 Å². The Morgan fingerprint density at radius 1 is 1.09 bits per heavy atom. The Bertz CT molecular complexity index is 795. The first-order chi connectivity index (χ1) is 10.6. The van der Waals surface area contributed by atoms with Crippen molar-refractivity contribution in [1.29, 1.82) is 0 Å². The van der Waals surface area contributed by atoms with Gasteiger partial charge >= 0.3 is 0 Å². The standard InChI is InChI=1S/C16H12ClN3O2/c1-10-18-16(22-20-10)12-4-8-14(9-5-12)19-15(21)11-2-6-13(17)7-3-11/h2-9H,1H3,(H,19,21). The second-order valence-corrected chi connectivity index (χ2v) is 5.12. The Balaban J connectivity index is 1.73. The maximum atomic E-state index is 12.1. The van der Waals surface area contributed by atoms with E-state index in [2.05, 4.69) is 15.5 Å². The van der Waals surface area contributed by atoms with Crippen LogP contribution in [-0.2, 0) is 0 Å². The fraction of sp³-hybridized carbons (Fsp3) is 0.0625. The summed E-state index contributed by atoms with van der Waals surface area (Å²) in [6, 6.07) is 13.9. The predicted octanol–water partition coefficient (Wildman–Crippen LogP) is 3.95. The number of carbonyl (C=O) groups is 1. The lowest BCUT2D eigenvalue weighted by molar-refractivity contribution is 0.102. The number of rotatable bonds is 3. The van der Waals surface area contributed by atoms with Crippen LogP contribution in [0.4, 0.5) is 5.69 Å². The lowest BCUT2D eigenvalue weighted by Gasteiger charge is -2.05. The highest BCUT2D eigenvalue weighted by Crippen LogP contribution is 2.20. The quantitative estimate of drug-likeness (QED) is 0.795. The molecule has 1 heterocycles. The van der Waals surface area contributed by atoms with E-state index in [0.29, 0.717) is 28.0 Å². The monoisotopic (exact) mass is 313 g/mol. The van der Waals surface area contributed by atoms with E-state index in [1.165, 1.54) is 0 Å². The second-order valence-electron chi connectivity index (χ2n) is 4.69. The zero-order valence-electron chi connectivity index (χ0n) is 11.7. The van der Waals surface area contributed by atoms with E-state index in [1.807, 2.05) is 12.1 Å². The van der Waals surface area contributed by atoms with Crippen LogP contribution in [-0.4, -0.2) is 16.0 Å². The molecule has 0 saturated heterocycles. The molecule has 1 amide bonds. The molecule has 0 aliphatic carbocycles. The summed E-state index contributed by atoms with van der Waals surface area (Å²) >= 11 is 5.80. The number of hydrogen-bond donors (Lipinski definition) is 1. The highest BCUT2D eigenvalue weighted by atomic mass is 35.5. The minimum Gasteiger partial charge on any atom is -0.334 e. The van der Waals surface area contributed by atoms with Crippen LogP contribution in [0.1, 0.15) is 16.2 Å². The van der Waals surface area contributed by atoms with Gasteiger partial charge in [0.25, 0.3) is 11.8 Å². The molecule has 6 heteroatoms. The van der Waals surface area contributed by atoms with Crippen molar-refractivity contribution >= 4 is 23.2 Å². The third-order valence-electron chi connectivity index (χ3n) is 3.02. The maximum Gasteiger partial charge on any atom is 0.257 e. The Morgan fingerprint density at radius 3 is 2.36 bits per heavy atom. The van der Waals surface area contributed by atoms with Gasteiger partial charge in [-0.15, -0.1) is 0 Å². The first-order valence-corrected chi connectivity index (χ1v) is 6.97. The number of halogens is 1. The van der Waals surface area contributed by atoms with Crippen molar-refractivity contribution in [1.82, 2.24) is 10.1 Å². The van der Waals surface area contributed by atoms with Gasteiger partial charge in [-0.2, -0.15) is 4.98 Å². The molecule has 0 radical (unpaired) electrons. The smallest absolute Gasteiger partial charge is 0.257 e. The minimum atomic E-state index is -0.196. The minimum absolute atomic E-state index is 0.196. The zero-order chi connectivity index (χ0) is 15.5. The Kier molecular flexibility index (Phi) is 3.89. The number of amides is 1. The summed E-state index contributed by atoms with van der Waals surface area (Å²) in [5.41, 5.74) is 2.02. The van der Waals surface area contributed by atoms with Crippen molar-refractivity contribution in [3.05, 3.63) is 64.9 Å². The number of benzene rings is 2. The van der Waals surface area contributed by atoms with E-state index in [9.17, 15) is 4.79 Å². The van der Waals surface area contributed by atoms with Crippen LogP contribution in [0.2, 0.25) is 5.02 Å². The van der Waals surface area contributed by atoms with Gasteiger partial charge in [-0.25, -0.2) is 0 Å². The molecule has 3 rings (SSSR count). The average molecular weight is 314 g/mol. The van der Waals surface area contributed by atoms with Crippen molar-refractivity contribution in [2.75, 3.05) is 5.32 Å². The number of nitrogens with zero attached hydrogens (tertiary/aromatic N) is 2. The van der Waals surface area contributed by atoms with E-state index < -0.39 is 0 Å². The molecule has 2 aromatic carbocycles. The van der Waals surface area contributed by atoms with Crippen LogP contribution in [0, 0.1) is 6.92 Å². The van der Waals surface area contributed by atoms with Crippen LogP contribution >= 0.6 is 11.6 Å². The summed E-state index contributed by atoms with van der Waals surface area (Å²) in [4.78, 5) is 16.2. The van der Waals surface area contributed by atoms with Crippen LogP contribution < -0.4 is 5.32 Å². The average Bonchev–Trinajstić information content (AvgIpc) is 2.95. The summed E-state index contributed by atoms with van der Waals surface area (Å²) in [5, 5.41) is 7.15. The molecule has 0 saturated carbocycles. The SMILES string of the molecule is Cc1noc(-c2ccc(NC(=O)c3ccc(Cl)cc3)cc2)n1. The third kappa shape index (κ3) is 3.15. The van der Waals surface area contributed by atoms with Gasteiger partial charge in [-0.3, -0.25) is 4.79 Å². The summed E-state index contributed by atoms with van der Waals surface area (Å²) in [6.07, 6.45) is 0. The molecule has 5 nitrogen and oxygen atoms in total. The number of aryl methyl sites for hydroxylation is 1. The topological polar surface area (TPSA) is 68.0 Å². The molecule has 0 fully saturated rings. The fourth-order valence-electron chi connectivity index (χ4n) is 1.91. The molecule has 0 aliphatic rings. The predicted molar refractivity (Wildman–Crippen MR) is 83.9 cm³/mol. The highest BCUT2D eigenvalue weighted by Gasteiger charge is 2.08. The molecular weight excluding hydrogens is 302 g/mol. The molecule has 1 aromatic heterocycles. The van der Waals surface area contributed by atoms with Gasteiger partial charge in [-0.05, 0) is 55.5 Å². The zero-order valence-corrected chi connectivity index (χ0v) is 12.5. The molecular formula is C16H12ClN3O2. The lowest BCUT2D eigenvalue weighted by Crippen LogP contribution is -2.11. The molecule has 0 bridgehead atoms. The van der Waals surface area contributed by atoms with E-state index in [4.69, 9.17) is 16.1 Å². The van der Waals surface area contributed by atoms with Crippen LogP contribution in [0.3, 0.4) is 0 Å². The van der Waals surface area contributed by atoms with Crippen molar-refractivity contribution in [2.24, 2.45) is 0 Å². The molecule has 3 aromatic rings. The summed E-state index contributed by atoms with van der Waals surface area (Å²) in [7, 11) is 0. The fourth-order valence-corrected chi connectivity index (χ4v) is 2.04. The van der Waals surface area contributed by atoms with E-state index in [0.717, 1.165) is 5.56 Å². The summed E-state index contributed by atoms with van der Waals surface area (Å²) < 4.78 is 5.09. The van der Waals surface area contributed by atoms with Crippen LogP contribution in [0.5, 0.6) is 0 Å². The first-order valence-electron chi connectivity index (χ1n) is 6.59. The Morgan fingerprint density at radius 2 is 1.77 bits per heavy atom. The number of nitrogens with one attached hydrogen (secondary N) is 1. The van der Waals surface area contributed by atoms with E-state index in [1.54, 1.807) is 43.3 Å². The van der Waals surface area contributed by atoms with E-state index >= 15 is 0 Å². The number of carbonyl (C=O) groups excluding carboxylic acids is 1. The summed E-state index contributed by atoms with van der Waals surface area (Å²) in [5.74, 6) is 0.834. The van der Waals surface area contributed by atoms with Gasteiger partial charge in [0.05, 0.1) is 0 Å². The van der Waals surface area contributed by atoms with E-state index in [-0.39, 0.29) is 5.91 Å². The van der Waals surface area contributed by atoms with Crippen molar-refractivity contribution in [2.45, 2.75) is 6.92 Å². The van der Waals surface area contributed by atoms with Crippen molar-refractivity contribution < 1.29 is 9.32 Å². The molecule has 1 N–H and O–H groups in total. The molecule has 22 heavy (non-hydrogen) atoms. The molecule has 0 unspecified atom stereocenters. The molecule has 0 aliphatic heterocycles. The van der Waals surface area contributed by atoms with Gasteiger partial charge in [0.1, 0.15) is 0 Å². The largest absolute Gasteiger partial charge is 0.334 e. The van der Waals surface area contributed by atoms with Crippen molar-refractivity contribution in [3.8, 4) is 11.5 Å². The van der Waals surface area contributed by atoms with Gasteiger partial charge in [0.15, 0.2) is 5.82 Å². The number of aromatic nitrogens is 2. The maximum absolute atomic E-state index is 12.1. The second kappa shape index (κ2) is 5.99. The molecule has 0 atom stereocenters. The van der Waals surface area contributed by atoms with Crippen LogP contribution in [0.25, 0.3) is 11.5 Å². The first kappa shape index (κ1) is 14.3. The Labute approximate surface area is 131 Å². The van der Waals surface area contributed by atoms with Crippen molar-refractivity contribution in [3.63, 3.8) is 0 Å². The highest BCUT2D eigenvalue weighted by molar-refractivity contribution is 6.30.